The molecule has 0 radical (unpaired) electrons. The van der Waals surface area contributed by atoms with Crippen molar-refractivity contribution in [3.8, 4) is 11.6 Å². The van der Waals surface area contributed by atoms with Crippen molar-refractivity contribution >= 4 is 5.91 Å². The fraction of sp³-hybridized carbons (Fsp3) is 0.500. The lowest BCUT2D eigenvalue weighted by Gasteiger charge is -2.32. The smallest absolute Gasteiger partial charge is 0.274 e. The Morgan fingerprint density at radius 2 is 2.18 bits per heavy atom. The summed E-state index contributed by atoms with van der Waals surface area (Å²) < 4.78 is 18.1. The van der Waals surface area contributed by atoms with Crippen LogP contribution in [0.25, 0.3) is 11.6 Å². The third kappa shape index (κ3) is 2.40. The van der Waals surface area contributed by atoms with E-state index in [1.54, 1.807) is 31.0 Å². The van der Waals surface area contributed by atoms with Gasteiger partial charge in [-0.1, -0.05) is 5.16 Å². The minimum Gasteiger partial charge on any atom is -0.381 e. The lowest BCUT2D eigenvalue weighted by molar-refractivity contribution is -0.101. The van der Waals surface area contributed by atoms with Gasteiger partial charge in [-0.25, -0.2) is 0 Å². The van der Waals surface area contributed by atoms with Gasteiger partial charge >= 0.3 is 0 Å². The third-order valence-corrected chi connectivity index (χ3v) is 4.03. The normalized spacial score (nSPS) is 17.5. The van der Waals surface area contributed by atoms with Crippen molar-refractivity contribution in [2.75, 3.05) is 20.3 Å². The number of amides is 1. The van der Waals surface area contributed by atoms with Crippen LogP contribution in [0.3, 0.4) is 0 Å². The Hall–Kier alpha value is -2.19. The van der Waals surface area contributed by atoms with Crippen LogP contribution in [0, 0.1) is 0 Å². The van der Waals surface area contributed by atoms with E-state index in [2.05, 4.69) is 10.1 Å². The quantitative estimate of drug-likeness (QED) is 0.896. The molecule has 22 heavy (non-hydrogen) atoms. The van der Waals surface area contributed by atoms with E-state index in [9.17, 15) is 4.79 Å². The first-order valence-corrected chi connectivity index (χ1v) is 6.99. The van der Waals surface area contributed by atoms with E-state index >= 15 is 0 Å². The van der Waals surface area contributed by atoms with E-state index in [0.717, 1.165) is 0 Å². The molecule has 0 saturated carbocycles. The summed E-state index contributed by atoms with van der Waals surface area (Å²) in [5.74, 6) is 0.322. The first-order chi connectivity index (χ1) is 10.6. The van der Waals surface area contributed by atoms with Crippen molar-refractivity contribution in [3.63, 3.8) is 0 Å². The zero-order valence-electron chi connectivity index (χ0n) is 12.5. The molecule has 3 heterocycles. The van der Waals surface area contributed by atoms with Crippen LogP contribution in [0.1, 0.15) is 29.0 Å². The van der Waals surface area contributed by atoms with Gasteiger partial charge in [0, 0.05) is 46.4 Å². The molecule has 1 aliphatic heterocycles. The molecule has 2 aromatic heterocycles. The monoisotopic (exact) mass is 306 g/mol. The second-order valence-electron chi connectivity index (χ2n) is 5.32. The molecule has 2 aromatic rings. The number of methoxy groups -OCH3 is 1. The minimum absolute atomic E-state index is 0.327. The van der Waals surface area contributed by atoms with Crippen molar-refractivity contribution in [1.29, 1.82) is 0 Å². The van der Waals surface area contributed by atoms with Gasteiger partial charge in [0.2, 0.25) is 11.7 Å². The first kappa shape index (κ1) is 14.7. The van der Waals surface area contributed by atoms with E-state index < -0.39 is 11.5 Å². The topological polar surface area (TPSA) is 105 Å². The maximum Gasteiger partial charge on any atom is 0.274 e. The molecule has 0 aromatic carbocycles. The van der Waals surface area contributed by atoms with Crippen LogP contribution in [0.2, 0.25) is 0 Å². The van der Waals surface area contributed by atoms with Crippen molar-refractivity contribution in [2.24, 2.45) is 12.8 Å². The number of primary amides is 1. The fourth-order valence-corrected chi connectivity index (χ4v) is 2.64. The summed E-state index contributed by atoms with van der Waals surface area (Å²) in [7, 11) is 3.42. The van der Waals surface area contributed by atoms with Gasteiger partial charge in [-0.3, -0.25) is 4.79 Å². The number of hydrogen-bond donors (Lipinski definition) is 1. The first-order valence-electron chi connectivity index (χ1n) is 6.99. The Morgan fingerprint density at radius 1 is 1.45 bits per heavy atom. The van der Waals surface area contributed by atoms with Crippen molar-refractivity contribution in [3.05, 3.63) is 23.7 Å². The summed E-state index contributed by atoms with van der Waals surface area (Å²) in [4.78, 5) is 15.7. The average Bonchev–Trinajstić information content (AvgIpc) is 3.14. The Bertz CT molecular complexity index is 685. The highest BCUT2D eigenvalue weighted by molar-refractivity contribution is 5.93. The highest BCUT2D eigenvalue weighted by Crippen LogP contribution is 2.34. The number of nitrogens with zero attached hydrogens (tertiary/aromatic N) is 3. The summed E-state index contributed by atoms with van der Waals surface area (Å²) in [5.41, 5.74) is 5.72. The van der Waals surface area contributed by atoms with Crippen LogP contribution in [0.15, 0.2) is 16.8 Å². The van der Waals surface area contributed by atoms with E-state index in [1.165, 1.54) is 0 Å². The van der Waals surface area contributed by atoms with Gasteiger partial charge in [-0.05, 0) is 6.07 Å². The molecule has 0 spiro atoms. The highest BCUT2D eigenvalue weighted by atomic mass is 16.5. The number of ether oxygens (including phenoxy) is 2. The Morgan fingerprint density at radius 3 is 2.77 bits per heavy atom. The SMILES string of the molecule is COC1(c2noc(-c3cc(C(N)=O)cn3C)n2)CCOCC1. The van der Waals surface area contributed by atoms with Gasteiger partial charge in [0.15, 0.2) is 0 Å². The van der Waals surface area contributed by atoms with Gasteiger partial charge in [0.05, 0.1) is 5.56 Å². The van der Waals surface area contributed by atoms with Gasteiger partial charge in [0.25, 0.3) is 5.89 Å². The lowest BCUT2D eigenvalue weighted by atomic mass is 9.93. The molecule has 1 aliphatic rings. The molecule has 0 unspecified atom stereocenters. The number of nitrogens with two attached hydrogens (primary N) is 1. The molecule has 1 amide bonds. The van der Waals surface area contributed by atoms with Crippen LogP contribution in [-0.2, 0) is 22.1 Å². The Balaban J connectivity index is 1.95. The number of aryl methyl sites for hydroxylation is 1. The predicted octanol–water partition coefficient (Wildman–Crippen LogP) is 0.826. The molecular weight excluding hydrogens is 288 g/mol. The molecule has 0 atom stereocenters. The summed E-state index contributed by atoms with van der Waals surface area (Å²) in [6.07, 6.45) is 2.96. The number of carbonyl (C=O) groups is 1. The van der Waals surface area contributed by atoms with Crippen molar-refractivity contribution in [2.45, 2.75) is 18.4 Å². The van der Waals surface area contributed by atoms with Crippen molar-refractivity contribution < 1.29 is 18.8 Å². The van der Waals surface area contributed by atoms with E-state index in [0.29, 0.717) is 49.0 Å². The molecule has 0 aliphatic carbocycles. The highest BCUT2D eigenvalue weighted by Gasteiger charge is 2.39. The van der Waals surface area contributed by atoms with E-state index in [1.807, 2.05) is 0 Å². The molecule has 8 nitrogen and oxygen atoms in total. The summed E-state index contributed by atoms with van der Waals surface area (Å²) in [6.45, 7) is 1.18. The Kier molecular flexibility index (Phi) is 3.71. The molecule has 3 rings (SSSR count). The number of aromatic nitrogens is 3. The van der Waals surface area contributed by atoms with Gasteiger partial charge < -0.3 is 24.3 Å². The lowest BCUT2D eigenvalue weighted by Crippen LogP contribution is -2.36. The van der Waals surface area contributed by atoms with Gasteiger partial charge in [0.1, 0.15) is 11.3 Å². The van der Waals surface area contributed by atoms with Crippen LogP contribution >= 0.6 is 0 Å². The van der Waals surface area contributed by atoms with Crippen LogP contribution in [0.5, 0.6) is 0 Å². The van der Waals surface area contributed by atoms with Crippen LogP contribution in [0.4, 0.5) is 0 Å². The zero-order valence-corrected chi connectivity index (χ0v) is 12.5. The fourth-order valence-electron chi connectivity index (χ4n) is 2.64. The number of rotatable bonds is 4. The minimum atomic E-state index is -0.586. The van der Waals surface area contributed by atoms with Crippen molar-refractivity contribution in [1.82, 2.24) is 14.7 Å². The molecule has 2 N–H and O–H groups in total. The second kappa shape index (κ2) is 5.54. The Labute approximate surface area is 127 Å². The number of hydrogen-bond acceptors (Lipinski definition) is 6. The van der Waals surface area contributed by atoms with E-state index in [-0.39, 0.29) is 0 Å². The number of carbonyl (C=O) groups excluding carboxylic acids is 1. The average molecular weight is 306 g/mol. The molecule has 118 valence electrons. The van der Waals surface area contributed by atoms with Gasteiger partial charge in [-0.2, -0.15) is 4.98 Å². The molecular formula is C14H18N4O4. The maximum absolute atomic E-state index is 11.3. The van der Waals surface area contributed by atoms with Crippen LogP contribution in [-0.4, -0.2) is 40.9 Å². The third-order valence-electron chi connectivity index (χ3n) is 4.03. The van der Waals surface area contributed by atoms with Crippen LogP contribution < -0.4 is 5.73 Å². The predicted molar refractivity (Wildman–Crippen MR) is 76.0 cm³/mol. The van der Waals surface area contributed by atoms with Gasteiger partial charge in [-0.15, -0.1) is 0 Å². The second-order valence-corrected chi connectivity index (χ2v) is 5.32. The largest absolute Gasteiger partial charge is 0.381 e. The summed E-state index contributed by atoms with van der Waals surface area (Å²) >= 11 is 0. The summed E-state index contributed by atoms with van der Waals surface area (Å²) in [6, 6.07) is 1.63. The molecule has 1 saturated heterocycles. The zero-order chi connectivity index (χ0) is 15.7. The van der Waals surface area contributed by atoms with E-state index in [4.69, 9.17) is 19.7 Å². The molecule has 0 bridgehead atoms. The standard InChI is InChI=1S/C14H18N4O4/c1-18-8-9(11(15)19)7-10(18)12-16-13(17-22-12)14(20-2)3-5-21-6-4-14/h7-8H,3-6H2,1-2H3,(H2,15,19). The molecule has 8 heteroatoms. The maximum atomic E-state index is 11.3. The molecule has 1 fully saturated rings. The summed E-state index contributed by atoms with van der Waals surface area (Å²) in [5, 5.41) is 4.06.